The van der Waals surface area contributed by atoms with E-state index in [0.29, 0.717) is 13.2 Å². The van der Waals surface area contributed by atoms with Crippen molar-refractivity contribution in [3.63, 3.8) is 0 Å². The highest BCUT2D eigenvalue weighted by atomic mass is 32.1. The molecule has 24 heavy (non-hydrogen) atoms. The first-order valence-electron chi connectivity index (χ1n) is 7.61. The first kappa shape index (κ1) is 16.2. The standard InChI is InChI=1S/C19H18N2O2S/c1-3-12-23-21-14(2)15-8-10-16(11-9-15)22-13-19-20-17-6-4-5-7-18(17)24-19/h3-11H,1,12-13H2,2H3. The molecule has 0 N–H and O–H groups in total. The summed E-state index contributed by atoms with van der Waals surface area (Å²) in [7, 11) is 0. The van der Waals surface area contributed by atoms with Crippen LogP contribution in [-0.4, -0.2) is 17.3 Å². The Labute approximate surface area is 145 Å². The van der Waals surface area contributed by atoms with E-state index in [1.165, 1.54) is 4.70 Å². The topological polar surface area (TPSA) is 43.7 Å². The molecule has 0 fully saturated rings. The Bertz CT molecular complexity index is 820. The molecular weight excluding hydrogens is 320 g/mol. The second-order valence-electron chi connectivity index (χ2n) is 5.15. The van der Waals surface area contributed by atoms with Crippen molar-refractivity contribution >= 4 is 27.3 Å². The summed E-state index contributed by atoms with van der Waals surface area (Å²) < 4.78 is 7.00. The minimum atomic E-state index is 0.403. The van der Waals surface area contributed by atoms with Gasteiger partial charge in [-0.15, -0.1) is 11.3 Å². The molecule has 0 spiro atoms. The lowest BCUT2D eigenvalue weighted by Gasteiger charge is -2.05. The zero-order chi connectivity index (χ0) is 16.8. The molecule has 0 aliphatic rings. The van der Waals surface area contributed by atoms with E-state index in [1.54, 1.807) is 17.4 Å². The number of hydrogen-bond donors (Lipinski definition) is 0. The zero-order valence-electron chi connectivity index (χ0n) is 13.4. The van der Waals surface area contributed by atoms with Crippen molar-refractivity contribution in [1.82, 2.24) is 4.98 Å². The van der Waals surface area contributed by atoms with Gasteiger partial charge in [-0.05, 0) is 48.9 Å². The summed E-state index contributed by atoms with van der Waals surface area (Å²) in [6, 6.07) is 15.9. The number of fused-ring (bicyclic) bond motifs is 1. The van der Waals surface area contributed by atoms with Crippen molar-refractivity contribution in [3.8, 4) is 5.75 Å². The van der Waals surface area contributed by atoms with Crippen LogP contribution in [-0.2, 0) is 11.4 Å². The Morgan fingerprint density at radius 3 is 2.75 bits per heavy atom. The highest BCUT2D eigenvalue weighted by Gasteiger charge is 2.04. The highest BCUT2D eigenvalue weighted by molar-refractivity contribution is 7.18. The molecule has 0 atom stereocenters. The van der Waals surface area contributed by atoms with Crippen LogP contribution in [0, 0.1) is 0 Å². The lowest BCUT2D eigenvalue weighted by Crippen LogP contribution is -1.98. The van der Waals surface area contributed by atoms with E-state index in [-0.39, 0.29) is 0 Å². The fraction of sp³-hybridized carbons (Fsp3) is 0.158. The minimum absolute atomic E-state index is 0.403. The van der Waals surface area contributed by atoms with Gasteiger partial charge in [-0.1, -0.05) is 29.9 Å². The lowest BCUT2D eigenvalue weighted by molar-refractivity contribution is 0.175. The normalized spacial score (nSPS) is 11.5. The van der Waals surface area contributed by atoms with Gasteiger partial charge in [-0.2, -0.15) is 0 Å². The van der Waals surface area contributed by atoms with Gasteiger partial charge in [0.15, 0.2) is 0 Å². The number of rotatable bonds is 7. The van der Waals surface area contributed by atoms with E-state index < -0.39 is 0 Å². The molecule has 1 heterocycles. The fourth-order valence-corrected chi connectivity index (χ4v) is 3.04. The van der Waals surface area contributed by atoms with Crippen molar-refractivity contribution in [3.05, 3.63) is 71.8 Å². The van der Waals surface area contributed by atoms with Gasteiger partial charge in [0.05, 0.1) is 15.9 Å². The van der Waals surface area contributed by atoms with Gasteiger partial charge in [-0.3, -0.25) is 0 Å². The van der Waals surface area contributed by atoms with Gasteiger partial charge < -0.3 is 9.57 Å². The van der Waals surface area contributed by atoms with E-state index in [9.17, 15) is 0 Å². The van der Waals surface area contributed by atoms with Gasteiger partial charge in [0.25, 0.3) is 0 Å². The van der Waals surface area contributed by atoms with Crippen molar-refractivity contribution in [1.29, 1.82) is 0 Å². The summed E-state index contributed by atoms with van der Waals surface area (Å²) in [6.07, 6.45) is 1.66. The number of para-hydroxylation sites is 1. The second-order valence-corrected chi connectivity index (χ2v) is 6.26. The molecule has 0 saturated carbocycles. The van der Waals surface area contributed by atoms with Crippen molar-refractivity contribution in [2.75, 3.05) is 6.61 Å². The molecule has 0 radical (unpaired) electrons. The first-order chi connectivity index (χ1) is 11.8. The zero-order valence-corrected chi connectivity index (χ0v) is 14.3. The summed E-state index contributed by atoms with van der Waals surface area (Å²) in [6.45, 7) is 6.36. The third kappa shape index (κ3) is 4.00. The number of thiazole rings is 1. The molecule has 2 aromatic carbocycles. The van der Waals surface area contributed by atoms with E-state index in [4.69, 9.17) is 9.57 Å². The van der Waals surface area contributed by atoms with E-state index in [0.717, 1.165) is 27.5 Å². The van der Waals surface area contributed by atoms with Crippen LogP contribution < -0.4 is 4.74 Å². The van der Waals surface area contributed by atoms with Crippen LogP contribution >= 0.6 is 11.3 Å². The monoisotopic (exact) mass is 338 g/mol. The van der Waals surface area contributed by atoms with E-state index in [2.05, 4.69) is 22.8 Å². The Hall–Kier alpha value is -2.66. The number of aromatic nitrogens is 1. The Balaban J connectivity index is 1.61. The summed E-state index contributed by atoms with van der Waals surface area (Å²) in [5.74, 6) is 0.804. The summed E-state index contributed by atoms with van der Waals surface area (Å²) in [5.41, 5.74) is 2.82. The average molecular weight is 338 g/mol. The quantitative estimate of drug-likeness (QED) is 0.269. The maximum atomic E-state index is 5.82. The van der Waals surface area contributed by atoms with Crippen LogP contribution in [0.25, 0.3) is 10.2 Å². The van der Waals surface area contributed by atoms with Gasteiger partial charge in [0.2, 0.25) is 0 Å². The predicted molar refractivity (Wildman–Crippen MR) is 98.8 cm³/mol. The summed E-state index contributed by atoms with van der Waals surface area (Å²) >= 11 is 1.66. The van der Waals surface area contributed by atoms with Crippen LogP contribution in [0.15, 0.2) is 66.3 Å². The van der Waals surface area contributed by atoms with Crippen LogP contribution in [0.1, 0.15) is 17.5 Å². The number of nitrogens with zero attached hydrogens (tertiary/aromatic N) is 2. The average Bonchev–Trinajstić information content (AvgIpc) is 3.03. The van der Waals surface area contributed by atoms with Crippen molar-refractivity contribution in [2.45, 2.75) is 13.5 Å². The molecule has 1 aromatic heterocycles. The summed E-state index contributed by atoms with van der Waals surface area (Å²) in [4.78, 5) is 9.66. The van der Waals surface area contributed by atoms with Crippen LogP contribution in [0.2, 0.25) is 0 Å². The lowest BCUT2D eigenvalue weighted by atomic mass is 10.1. The van der Waals surface area contributed by atoms with Crippen LogP contribution in [0.4, 0.5) is 0 Å². The highest BCUT2D eigenvalue weighted by Crippen LogP contribution is 2.23. The minimum Gasteiger partial charge on any atom is -0.486 e. The molecule has 0 aliphatic heterocycles. The van der Waals surface area contributed by atoms with Gasteiger partial charge in [0.1, 0.15) is 24.0 Å². The van der Waals surface area contributed by atoms with Crippen LogP contribution in [0.3, 0.4) is 0 Å². The molecule has 0 aliphatic carbocycles. The third-order valence-electron chi connectivity index (χ3n) is 3.37. The van der Waals surface area contributed by atoms with Crippen molar-refractivity contribution < 1.29 is 9.57 Å². The predicted octanol–water partition coefficient (Wildman–Crippen LogP) is 4.80. The molecule has 0 amide bonds. The molecule has 0 saturated heterocycles. The second kappa shape index (κ2) is 7.75. The molecule has 4 nitrogen and oxygen atoms in total. The van der Waals surface area contributed by atoms with E-state index in [1.807, 2.05) is 49.4 Å². The van der Waals surface area contributed by atoms with Crippen LogP contribution in [0.5, 0.6) is 5.75 Å². The Morgan fingerprint density at radius 1 is 1.21 bits per heavy atom. The molecule has 0 unspecified atom stereocenters. The Kier molecular flexibility index (Phi) is 5.23. The largest absolute Gasteiger partial charge is 0.486 e. The number of hydrogen-bond acceptors (Lipinski definition) is 5. The van der Waals surface area contributed by atoms with E-state index >= 15 is 0 Å². The summed E-state index contributed by atoms with van der Waals surface area (Å²) in [5, 5.41) is 5.00. The molecule has 3 aromatic rings. The van der Waals surface area contributed by atoms with Gasteiger partial charge in [-0.25, -0.2) is 4.98 Å². The van der Waals surface area contributed by atoms with Gasteiger partial charge in [0, 0.05) is 0 Å². The molecule has 122 valence electrons. The molecule has 0 bridgehead atoms. The molecule has 3 rings (SSSR count). The molecular formula is C19H18N2O2S. The SMILES string of the molecule is C=CCON=C(C)c1ccc(OCc2nc3ccccc3s2)cc1. The third-order valence-corrected chi connectivity index (χ3v) is 4.38. The van der Waals surface area contributed by atoms with Crippen molar-refractivity contribution in [2.24, 2.45) is 5.16 Å². The first-order valence-corrected chi connectivity index (χ1v) is 8.43. The Morgan fingerprint density at radius 2 is 2.00 bits per heavy atom. The number of ether oxygens (including phenoxy) is 1. The molecule has 5 heteroatoms. The number of oxime groups is 1. The number of benzene rings is 2. The smallest absolute Gasteiger partial charge is 0.140 e. The maximum absolute atomic E-state index is 5.82. The maximum Gasteiger partial charge on any atom is 0.140 e. The van der Waals surface area contributed by atoms with Gasteiger partial charge >= 0.3 is 0 Å². The fourth-order valence-electron chi connectivity index (χ4n) is 2.16.